The van der Waals surface area contributed by atoms with Crippen molar-refractivity contribution < 1.29 is 4.74 Å². The van der Waals surface area contributed by atoms with Gasteiger partial charge in [0.05, 0.1) is 0 Å². The van der Waals surface area contributed by atoms with E-state index >= 15 is 0 Å². The quantitative estimate of drug-likeness (QED) is 0.712. The molecule has 1 fully saturated rings. The number of nitrogens with one attached hydrogen (secondary N) is 1. The topological polar surface area (TPSA) is 21.3 Å². The first-order valence-electron chi connectivity index (χ1n) is 5.34. The summed E-state index contributed by atoms with van der Waals surface area (Å²) in [7, 11) is 0. The van der Waals surface area contributed by atoms with Crippen LogP contribution in [0.1, 0.15) is 40.5 Å². The summed E-state index contributed by atoms with van der Waals surface area (Å²) in [5, 5.41) is 3.63. The summed E-state index contributed by atoms with van der Waals surface area (Å²) in [6.45, 7) is 10.9. The van der Waals surface area contributed by atoms with Gasteiger partial charge < -0.3 is 10.1 Å². The smallest absolute Gasteiger partial charge is 0.0469 e. The van der Waals surface area contributed by atoms with Crippen molar-refractivity contribution in [3.63, 3.8) is 0 Å². The molecule has 0 bridgehead atoms. The number of ether oxygens (including phenoxy) is 1. The van der Waals surface area contributed by atoms with Gasteiger partial charge in [-0.05, 0) is 46.5 Å². The SMILES string of the molecule is CC(NC(C)(C)C)C1CCOCC1. The van der Waals surface area contributed by atoms with Gasteiger partial charge in [-0.3, -0.25) is 0 Å². The normalized spacial score (nSPS) is 23.1. The van der Waals surface area contributed by atoms with Gasteiger partial charge >= 0.3 is 0 Å². The van der Waals surface area contributed by atoms with E-state index in [1.54, 1.807) is 0 Å². The fraction of sp³-hybridized carbons (Fsp3) is 1.00. The highest BCUT2D eigenvalue weighted by atomic mass is 16.5. The second-order valence-electron chi connectivity index (χ2n) is 5.13. The first-order chi connectivity index (χ1) is 5.99. The van der Waals surface area contributed by atoms with Gasteiger partial charge in [-0.15, -0.1) is 0 Å². The van der Waals surface area contributed by atoms with Gasteiger partial charge in [0.1, 0.15) is 0 Å². The molecule has 2 heteroatoms. The first kappa shape index (κ1) is 11.0. The van der Waals surface area contributed by atoms with Crippen LogP contribution in [0.2, 0.25) is 0 Å². The Balaban J connectivity index is 2.33. The van der Waals surface area contributed by atoms with Crippen LogP contribution in [0, 0.1) is 5.92 Å². The molecule has 0 aromatic heterocycles. The number of hydrogen-bond acceptors (Lipinski definition) is 2. The van der Waals surface area contributed by atoms with Crippen molar-refractivity contribution in [2.45, 2.75) is 52.1 Å². The van der Waals surface area contributed by atoms with Gasteiger partial charge in [0.15, 0.2) is 0 Å². The highest BCUT2D eigenvalue weighted by Gasteiger charge is 2.23. The maximum absolute atomic E-state index is 5.35. The van der Waals surface area contributed by atoms with E-state index in [1.165, 1.54) is 12.8 Å². The van der Waals surface area contributed by atoms with Crippen molar-refractivity contribution in [1.29, 1.82) is 0 Å². The Morgan fingerprint density at radius 1 is 1.23 bits per heavy atom. The van der Waals surface area contributed by atoms with Crippen molar-refractivity contribution in [2.75, 3.05) is 13.2 Å². The summed E-state index contributed by atoms with van der Waals surface area (Å²) in [5.41, 5.74) is 0.234. The molecule has 0 aromatic rings. The standard InChI is InChI=1S/C11H23NO/c1-9(12-11(2,3)4)10-5-7-13-8-6-10/h9-10,12H,5-8H2,1-4H3. The van der Waals surface area contributed by atoms with Crippen molar-refractivity contribution in [1.82, 2.24) is 5.32 Å². The summed E-state index contributed by atoms with van der Waals surface area (Å²) in [6, 6.07) is 0.615. The molecule has 0 amide bonds. The molecule has 1 saturated heterocycles. The van der Waals surface area contributed by atoms with Crippen LogP contribution in [0.3, 0.4) is 0 Å². The second-order valence-corrected chi connectivity index (χ2v) is 5.13. The van der Waals surface area contributed by atoms with Crippen LogP contribution >= 0.6 is 0 Å². The Morgan fingerprint density at radius 2 is 1.77 bits per heavy atom. The minimum Gasteiger partial charge on any atom is -0.381 e. The lowest BCUT2D eigenvalue weighted by atomic mass is 9.91. The summed E-state index contributed by atoms with van der Waals surface area (Å²) in [5.74, 6) is 0.799. The van der Waals surface area contributed by atoms with Crippen molar-refractivity contribution in [2.24, 2.45) is 5.92 Å². The zero-order valence-corrected chi connectivity index (χ0v) is 9.39. The average Bonchev–Trinajstić information content (AvgIpc) is 2.03. The van der Waals surface area contributed by atoms with Crippen LogP contribution < -0.4 is 5.32 Å². The zero-order chi connectivity index (χ0) is 9.90. The molecule has 0 aromatic carbocycles. The Labute approximate surface area is 82.0 Å². The predicted octanol–water partition coefficient (Wildman–Crippen LogP) is 2.19. The fourth-order valence-corrected chi connectivity index (χ4v) is 2.02. The molecule has 1 unspecified atom stereocenters. The molecular formula is C11H23NO. The van der Waals surface area contributed by atoms with Gasteiger partial charge in [-0.1, -0.05) is 0 Å². The molecule has 0 spiro atoms. The molecular weight excluding hydrogens is 162 g/mol. The first-order valence-corrected chi connectivity index (χ1v) is 5.34. The Bertz CT molecular complexity index is 145. The zero-order valence-electron chi connectivity index (χ0n) is 9.39. The molecule has 0 radical (unpaired) electrons. The van der Waals surface area contributed by atoms with Crippen molar-refractivity contribution in [3.8, 4) is 0 Å². The third kappa shape index (κ3) is 4.10. The van der Waals surface area contributed by atoms with Crippen molar-refractivity contribution >= 4 is 0 Å². The fourth-order valence-electron chi connectivity index (χ4n) is 2.02. The van der Waals surface area contributed by atoms with E-state index in [4.69, 9.17) is 4.74 Å². The number of rotatable bonds is 2. The third-order valence-corrected chi connectivity index (χ3v) is 2.63. The molecule has 78 valence electrons. The summed E-state index contributed by atoms with van der Waals surface area (Å²) in [6.07, 6.45) is 2.43. The van der Waals surface area contributed by atoms with Crippen LogP contribution in [-0.4, -0.2) is 24.8 Å². The van der Waals surface area contributed by atoms with Gasteiger partial charge in [0.25, 0.3) is 0 Å². The van der Waals surface area contributed by atoms with E-state index in [1.807, 2.05) is 0 Å². The Kier molecular flexibility index (Phi) is 3.74. The summed E-state index contributed by atoms with van der Waals surface area (Å²) >= 11 is 0. The Hall–Kier alpha value is -0.0800. The minimum atomic E-state index is 0.234. The summed E-state index contributed by atoms with van der Waals surface area (Å²) < 4.78 is 5.35. The minimum absolute atomic E-state index is 0.234. The molecule has 13 heavy (non-hydrogen) atoms. The third-order valence-electron chi connectivity index (χ3n) is 2.63. The predicted molar refractivity (Wildman–Crippen MR) is 55.9 cm³/mol. The molecule has 0 saturated carbocycles. The van der Waals surface area contributed by atoms with Crippen LogP contribution in [0.5, 0.6) is 0 Å². The van der Waals surface area contributed by atoms with E-state index in [-0.39, 0.29) is 5.54 Å². The molecule has 1 heterocycles. The average molecular weight is 185 g/mol. The monoisotopic (exact) mass is 185 g/mol. The van der Waals surface area contributed by atoms with Gasteiger partial charge in [0, 0.05) is 24.8 Å². The van der Waals surface area contributed by atoms with E-state index in [0.717, 1.165) is 19.1 Å². The maximum Gasteiger partial charge on any atom is 0.0469 e. The number of hydrogen-bond donors (Lipinski definition) is 1. The van der Waals surface area contributed by atoms with Crippen LogP contribution in [0.4, 0.5) is 0 Å². The molecule has 1 aliphatic heterocycles. The largest absolute Gasteiger partial charge is 0.381 e. The van der Waals surface area contributed by atoms with Gasteiger partial charge in [-0.2, -0.15) is 0 Å². The Morgan fingerprint density at radius 3 is 2.23 bits per heavy atom. The second kappa shape index (κ2) is 4.43. The molecule has 1 atom stereocenters. The van der Waals surface area contributed by atoms with Gasteiger partial charge in [-0.25, -0.2) is 0 Å². The molecule has 2 nitrogen and oxygen atoms in total. The lowest BCUT2D eigenvalue weighted by Gasteiger charge is -2.33. The molecule has 0 aliphatic carbocycles. The van der Waals surface area contributed by atoms with E-state index in [9.17, 15) is 0 Å². The van der Waals surface area contributed by atoms with Crippen LogP contribution in [0.15, 0.2) is 0 Å². The highest BCUT2D eigenvalue weighted by molar-refractivity contribution is 4.81. The molecule has 1 rings (SSSR count). The summed E-state index contributed by atoms with van der Waals surface area (Å²) in [4.78, 5) is 0. The molecule has 1 aliphatic rings. The lowest BCUT2D eigenvalue weighted by molar-refractivity contribution is 0.0526. The van der Waals surface area contributed by atoms with Gasteiger partial charge in [0.2, 0.25) is 0 Å². The van der Waals surface area contributed by atoms with Crippen LogP contribution in [0.25, 0.3) is 0 Å². The lowest BCUT2D eigenvalue weighted by Crippen LogP contribution is -2.46. The maximum atomic E-state index is 5.35. The highest BCUT2D eigenvalue weighted by Crippen LogP contribution is 2.20. The van der Waals surface area contributed by atoms with E-state index in [0.29, 0.717) is 6.04 Å². The van der Waals surface area contributed by atoms with Crippen LogP contribution in [-0.2, 0) is 4.74 Å². The van der Waals surface area contributed by atoms with E-state index in [2.05, 4.69) is 33.0 Å². The van der Waals surface area contributed by atoms with Crippen molar-refractivity contribution in [3.05, 3.63) is 0 Å². The van der Waals surface area contributed by atoms with E-state index < -0.39 is 0 Å². The molecule has 1 N–H and O–H groups in total.